The summed E-state index contributed by atoms with van der Waals surface area (Å²) in [5.74, 6) is -0.197. The molecule has 1 amide bonds. The van der Waals surface area contributed by atoms with Gasteiger partial charge in [0.15, 0.2) is 5.82 Å². The van der Waals surface area contributed by atoms with Gasteiger partial charge >= 0.3 is 5.97 Å². The number of piperidine rings is 1. The number of amides is 1. The first-order chi connectivity index (χ1) is 14.6. The minimum absolute atomic E-state index is 0.0550. The number of carbonyl (C=O) groups excluding carboxylic acids is 2. The average Bonchev–Trinajstić information content (AvgIpc) is 3.23. The van der Waals surface area contributed by atoms with Gasteiger partial charge in [-0.05, 0) is 63.8 Å². The van der Waals surface area contributed by atoms with Gasteiger partial charge in [-0.2, -0.15) is 5.21 Å². The molecular weight excluding hydrogens is 360 g/mol. The normalized spacial score (nSPS) is 32.9. The van der Waals surface area contributed by atoms with E-state index < -0.39 is 24.5 Å². The maximum absolute atomic E-state index is 12.7. The van der Waals surface area contributed by atoms with Gasteiger partial charge in [0.25, 0.3) is 0 Å². The number of aryl methyl sites for hydroxylation is 1. The van der Waals surface area contributed by atoms with Crippen molar-refractivity contribution in [1.82, 2.24) is 31.3 Å². The minimum atomic E-state index is -1.68. The zero-order valence-electron chi connectivity index (χ0n) is 19.5. The summed E-state index contributed by atoms with van der Waals surface area (Å²) in [7, 11) is 0. The highest BCUT2D eigenvalue weighted by Gasteiger charge is 2.38. The van der Waals surface area contributed by atoms with Crippen LogP contribution in [0, 0.1) is 17.8 Å². The molecule has 0 aromatic carbocycles. The van der Waals surface area contributed by atoms with Gasteiger partial charge in [-0.15, -0.1) is 10.2 Å². The summed E-state index contributed by atoms with van der Waals surface area (Å²) in [4.78, 5) is 24.4. The Morgan fingerprint density at radius 3 is 3.00 bits per heavy atom. The Hall–Kier alpha value is -2.03. The third kappa shape index (κ3) is 5.73. The molecule has 3 rings (SSSR count). The molecule has 3 N–H and O–H groups in total. The summed E-state index contributed by atoms with van der Waals surface area (Å²) >= 11 is 0. The van der Waals surface area contributed by atoms with E-state index in [1.807, 2.05) is 6.92 Å². The summed E-state index contributed by atoms with van der Waals surface area (Å²) < 4.78 is 30.7. The van der Waals surface area contributed by atoms with E-state index in [9.17, 15) is 9.59 Å². The first-order valence-corrected chi connectivity index (χ1v) is 10.1. The second kappa shape index (κ2) is 9.95. The van der Waals surface area contributed by atoms with Crippen LogP contribution in [0.25, 0.3) is 0 Å². The number of H-pyrrole nitrogens is 1. The molecule has 28 heavy (non-hydrogen) atoms. The van der Waals surface area contributed by atoms with Crippen molar-refractivity contribution in [3.05, 3.63) is 5.82 Å². The molecule has 5 atom stereocenters. The van der Waals surface area contributed by atoms with Gasteiger partial charge in [-0.1, -0.05) is 11.6 Å². The number of esters is 1. The summed E-state index contributed by atoms with van der Waals surface area (Å²) in [6.45, 7) is 4.54. The van der Waals surface area contributed by atoms with Crippen molar-refractivity contribution in [3.8, 4) is 0 Å². The van der Waals surface area contributed by atoms with Gasteiger partial charge in [0.2, 0.25) is 5.91 Å². The van der Waals surface area contributed by atoms with Gasteiger partial charge in [0, 0.05) is 15.7 Å². The molecule has 0 unspecified atom stereocenters. The van der Waals surface area contributed by atoms with E-state index in [4.69, 9.17) is 8.85 Å². The van der Waals surface area contributed by atoms with Crippen LogP contribution in [-0.2, 0) is 20.7 Å². The molecule has 1 aliphatic carbocycles. The molecule has 1 aromatic heterocycles. The van der Waals surface area contributed by atoms with E-state index in [-0.39, 0.29) is 36.4 Å². The van der Waals surface area contributed by atoms with Gasteiger partial charge in [-0.25, -0.2) is 0 Å². The van der Waals surface area contributed by atoms with Crippen molar-refractivity contribution in [2.45, 2.75) is 70.9 Å². The lowest BCUT2D eigenvalue weighted by Crippen LogP contribution is -2.50. The van der Waals surface area contributed by atoms with Crippen LogP contribution in [0.4, 0.5) is 0 Å². The van der Waals surface area contributed by atoms with Gasteiger partial charge in [0.1, 0.15) is 12.1 Å². The molecule has 1 saturated heterocycles. The fourth-order valence-electron chi connectivity index (χ4n) is 4.17. The molecule has 156 valence electrons. The standard InChI is InChI=1S/C19H32N6O3/c1-3-20-18(26)8-12(2)28-19(27)16-10-15-9-13(4-6-14(15)11-21-16)5-7-17-22-24-25-23-17/h12-16,21H,3-11H2,1-2H3,(H,20,26)(H,22,23,24,25)/t12-,13+,14-,15+,16-/m0/s1/i7D2,16D. The average molecular weight is 396 g/mol. The molecule has 0 bridgehead atoms. The highest BCUT2D eigenvalue weighted by atomic mass is 16.5. The summed E-state index contributed by atoms with van der Waals surface area (Å²) in [6, 6.07) is -1.55. The van der Waals surface area contributed by atoms with E-state index in [1.165, 1.54) is 0 Å². The van der Waals surface area contributed by atoms with Crippen molar-refractivity contribution in [2.24, 2.45) is 17.8 Å². The highest BCUT2D eigenvalue weighted by molar-refractivity contribution is 5.78. The lowest BCUT2D eigenvalue weighted by atomic mass is 9.69. The topological polar surface area (TPSA) is 122 Å². The quantitative estimate of drug-likeness (QED) is 0.561. The second-order valence-corrected chi connectivity index (χ2v) is 7.75. The largest absolute Gasteiger partial charge is 0.461 e. The van der Waals surface area contributed by atoms with E-state index in [0.29, 0.717) is 25.4 Å². The van der Waals surface area contributed by atoms with Gasteiger partial charge in [-0.3, -0.25) is 9.59 Å². The Labute approximate surface area is 170 Å². The molecule has 1 saturated carbocycles. The maximum atomic E-state index is 12.7. The molecule has 9 nitrogen and oxygen atoms in total. The van der Waals surface area contributed by atoms with Crippen LogP contribution in [0.3, 0.4) is 0 Å². The Morgan fingerprint density at radius 2 is 2.25 bits per heavy atom. The third-order valence-corrected chi connectivity index (χ3v) is 5.59. The predicted octanol–water partition coefficient (Wildman–Crippen LogP) is 0.985. The molecule has 1 aliphatic heterocycles. The Kier molecular flexibility index (Phi) is 6.00. The SMILES string of the molecule is [2H]C([2H])(C[C@H]1CC[C@H]2CN[C@]([2H])(C(=O)O[C@@H](C)CC(=O)NCC)C[C@H]2C1)c1nn[nH]n1. The van der Waals surface area contributed by atoms with E-state index >= 15 is 0 Å². The summed E-state index contributed by atoms with van der Waals surface area (Å²) in [5.41, 5.74) is 0. The minimum Gasteiger partial charge on any atom is -0.461 e. The zero-order valence-corrected chi connectivity index (χ0v) is 16.5. The third-order valence-electron chi connectivity index (χ3n) is 5.59. The van der Waals surface area contributed by atoms with Crippen LogP contribution in [0.1, 0.15) is 62.3 Å². The van der Waals surface area contributed by atoms with Crippen molar-refractivity contribution in [2.75, 3.05) is 13.1 Å². The Morgan fingerprint density at radius 1 is 1.39 bits per heavy atom. The van der Waals surface area contributed by atoms with Crippen molar-refractivity contribution >= 4 is 11.9 Å². The number of rotatable bonds is 8. The maximum Gasteiger partial charge on any atom is 0.323 e. The number of hydrogen-bond acceptors (Lipinski definition) is 7. The number of ether oxygens (including phenoxy) is 1. The summed E-state index contributed by atoms with van der Waals surface area (Å²) in [5, 5.41) is 19.0. The van der Waals surface area contributed by atoms with Crippen LogP contribution >= 0.6 is 0 Å². The molecule has 9 heteroatoms. The number of nitrogens with one attached hydrogen (secondary N) is 3. The Balaban J connectivity index is 1.57. The number of hydrogen-bond donors (Lipinski definition) is 3. The van der Waals surface area contributed by atoms with Crippen molar-refractivity contribution in [3.63, 3.8) is 0 Å². The van der Waals surface area contributed by atoms with Crippen LogP contribution in [-0.4, -0.2) is 57.7 Å². The van der Waals surface area contributed by atoms with Gasteiger partial charge in [0.05, 0.1) is 7.79 Å². The number of fused-ring (bicyclic) bond motifs is 1. The molecule has 2 aliphatic rings. The van der Waals surface area contributed by atoms with Crippen molar-refractivity contribution < 1.29 is 18.4 Å². The van der Waals surface area contributed by atoms with Crippen LogP contribution < -0.4 is 10.6 Å². The molecule has 1 aromatic rings. The van der Waals surface area contributed by atoms with Crippen LogP contribution in [0.5, 0.6) is 0 Å². The smallest absolute Gasteiger partial charge is 0.323 e. The summed E-state index contributed by atoms with van der Waals surface area (Å²) in [6.07, 6.45) is 0.919. The number of aromatic nitrogens is 4. The van der Waals surface area contributed by atoms with Gasteiger partial charge < -0.3 is 15.4 Å². The van der Waals surface area contributed by atoms with E-state index in [2.05, 4.69) is 31.3 Å². The highest BCUT2D eigenvalue weighted by Crippen LogP contribution is 2.40. The fourth-order valence-corrected chi connectivity index (χ4v) is 4.17. The van der Waals surface area contributed by atoms with E-state index in [1.54, 1.807) is 6.92 Å². The number of nitrogens with zero attached hydrogens (tertiary/aromatic N) is 3. The number of tetrazole rings is 1. The monoisotopic (exact) mass is 395 g/mol. The fraction of sp³-hybridized carbons (Fsp3) is 0.842. The molecule has 0 spiro atoms. The molecule has 2 fully saturated rings. The molecular formula is C19H32N6O3. The lowest BCUT2D eigenvalue weighted by molar-refractivity contribution is -0.153. The number of carbonyl (C=O) groups is 2. The van der Waals surface area contributed by atoms with Crippen LogP contribution in [0.2, 0.25) is 0 Å². The molecule has 0 radical (unpaired) electrons. The predicted molar refractivity (Wildman–Crippen MR) is 102 cm³/mol. The first kappa shape index (κ1) is 16.9. The first-order valence-electron chi connectivity index (χ1n) is 11.6. The lowest BCUT2D eigenvalue weighted by Gasteiger charge is -2.42. The number of aromatic amines is 1. The molecule has 2 heterocycles. The van der Waals surface area contributed by atoms with Crippen molar-refractivity contribution in [1.29, 1.82) is 0 Å². The Bertz CT molecular complexity index is 765. The second-order valence-electron chi connectivity index (χ2n) is 7.75. The van der Waals surface area contributed by atoms with Crippen LogP contribution in [0.15, 0.2) is 0 Å². The zero-order chi connectivity index (χ0) is 22.6. The van der Waals surface area contributed by atoms with E-state index in [0.717, 1.165) is 19.3 Å².